The van der Waals surface area contributed by atoms with E-state index >= 15 is 4.57 Å². The molecule has 2 aliphatic rings. The first-order valence-electron chi connectivity index (χ1n) is 19.2. The van der Waals surface area contributed by atoms with Crippen molar-refractivity contribution in [3.05, 3.63) is 193 Å². The van der Waals surface area contributed by atoms with Gasteiger partial charge in [0.1, 0.15) is 7.14 Å². The fraction of sp³-hybridized carbons (Fsp3) is 0.118. The second kappa shape index (κ2) is 13.6. The first kappa shape index (κ1) is 33.9. The molecule has 266 valence electrons. The summed E-state index contributed by atoms with van der Waals surface area (Å²) in [6, 6.07) is 51.7. The largest absolute Gasteiger partial charge is 0.313 e. The van der Waals surface area contributed by atoms with E-state index in [0.717, 1.165) is 44.9 Å². The number of pyridine rings is 1. The molecule has 0 saturated heterocycles. The summed E-state index contributed by atoms with van der Waals surface area (Å²) in [7, 11) is -2.98. The van der Waals surface area contributed by atoms with Gasteiger partial charge in [-0.25, -0.2) is 4.98 Å². The predicted molar refractivity (Wildman–Crippen MR) is 237 cm³/mol. The van der Waals surface area contributed by atoms with Crippen LogP contribution in [0.25, 0.3) is 59.0 Å². The fourth-order valence-electron chi connectivity index (χ4n) is 8.85. The van der Waals surface area contributed by atoms with Crippen LogP contribution >= 0.6 is 18.5 Å². The summed E-state index contributed by atoms with van der Waals surface area (Å²) in [5, 5.41) is 5.51. The summed E-state index contributed by atoms with van der Waals surface area (Å²) in [5.41, 5.74) is 10.4. The molecular weight excluding hydrogens is 706 g/mol. The van der Waals surface area contributed by atoms with E-state index in [1.807, 2.05) is 47.7 Å². The number of allylic oxidation sites excluding steroid dienone is 5. The summed E-state index contributed by atoms with van der Waals surface area (Å²) in [5.74, 6) is 0.677. The topological polar surface area (TPSA) is 30.0 Å². The van der Waals surface area contributed by atoms with Gasteiger partial charge in [0, 0.05) is 42.7 Å². The van der Waals surface area contributed by atoms with Gasteiger partial charge in [-0.2, -0.15) is 0 Å². The van der Waals surface area contributed by atoms with Crippen LogP contribution in [0.1, 0.15) is 42.9 Å². The average molecular weight is 746 g/mol. The molecule has 0 amide bonds. The van der Waals surface area contributed by atoms with Crippen molar-refractivity contribution in [1.82, 2.24) is 4.98 Å². The van der Waals surface area contributed by atoms with Crippen molar-refractivity contribution in [2.75, 3.05) is 0 Å². The Morgan fingerprint density at radius 1 is 0.636 bits per heavy atom. The summed E-state index contributed by atoms with van der Waals surface area (Å²) in [6.07, 6.45) is 11.9. The van der Waals surface area contributed by atoms with Gasteiger partial charge in [-0.05, 0) is 69.8 Å². The van der Waals surface area contributed by atoms with E-state index in [9.17, 15) is 0 Å². The Bertz CT molecular complexity index is 2920. The van der Waals surface area contributed by atoms with Gasteiger partial charge in [-0.1, -0.05) is 172 Å². The Labute approximate surface area is 326 Å². The second-order valence-corrected chi connectivity index (χ2v) is 19.1. The highest BCUT2D eigenvalue weighted by Gasteiger charge is 2.38. The summed E-state index contributed by atoms with van der Waals surface area (Å²) in [4.78, 5) is 5.50. The average Bonchev–Trinajstić information content (AvgIpc) is 3.64. The van der Waals surface area contributed by atoms with Gasteiger partial charge in [0.2, 0.25) is 0 Å². The molecule has 55 heavy (non-hydrogen) atoms. The molecule has 0 fully saturated rings. The Balaban J connectivity index is 1.09. The van der Waals surface area contributed by atoms with Crippen molar-refractivity contribution >= 4 is 65.7 Å². The van der Waals surface area contributed by atoms with Crippen LogP contribution in [0.15, 0.2) is 176 Å². The Morgan fingerprint density at radius 3 is 2.22 bits per heavy atom. The molecule has 0 aliphatic heterocycles. The van der Waals surface area contributed by atoms with E-state index in [1.54, 1.807) is 0 Å². The smallest absolute Gasteiger partial charge is 0.150 e. The van der Waals surface area contributed by atoms with Gasteiger partial charge < -0.3 is 4.57 Å². The maximum Gasteiger partial charge on any atom is 0.150 e. The Morgan fingerprint density at radius 2 is 1.36 bits per heavy atom. The lowest BCUT2D eigenvalue weighted by Crippen LogP contribution is -2.29. The van der Waals surface area contributed by atoms with Crippen LogP contribution in [0.2, 0.25) is 0 Å². The number of hydrogen-bond acceptors (Lipinski definition) is 3. The van der Waals surface area contributed by atoms with Gasteiger partial charge in [-0.15, -0.1) is 11.3 Å². The van der Waals surface area contributed by atoms with Crippen molar-refractivity contribution in [1.29, 1.82) is 0 Å². The molecule has 6 aromatic carbocycles. The van der Waals surface area contributed by atoms with Gasteiger partial charge in [-0.3, -0.25) is 0 Å². The van der Waals surface area contributed by atoms with Crippen LogP contribution in [0, 0.1) is 5.92 Å². The number of rotatable bonds is 6. The number of hydrogen-bond donors (Lipinski definition) is 0. The number of aromatic nitrogens is 1. The SMILES string of the molecule is CC1CC=C(c2ccc3c(c2)nc(-c2cccc(-c4ccc(P(=O)(c5ccccc5)C5C=CC=CC5C)cc4)c2)c2sc4ccccc4c23)c2ccccc21. The third kappa shape index (κ3) is 5.68. The molecule has 2 nitrogen and oxygen atoms in total. The van der Waals surface area contributed by atoms with E-state index in [-0.39, 0.29) is 11.6 Å². The van der Waals surface area contributed by atoms with Crippen molar-refractivity contribution in [3.8, 4) is 22.4 Å². The van der Waals surface area contributed by atoms with Crippen molar-refractivity contribution < 1.29 is 4.57 Å². The molecule has 0 N–H and O–H groups in total. The minimum Gasteiger partial charge on any atom is -0.313 e. The molecule has 0 spiro atoms. The lowest BCUT2D eigenvalue weighted by atomic mass is 9.81. The standard InChI is InChI=1S/C51H40NOPS/c1-33-23-29-42(43-19-8-7-18-41(33)43)37-26-30-44-46(32-37)52-50(51-49(44)45-20-9-11-22-48(45)55-51)38-15-12-14-36(31-38)35-24-27-40(28-25-35)54(53,39-16-4-3-5-17-39)47-21-10-6-13-34(47)2/h3-22,24-34,47H,23H2,1-2H3. The summed E-state index contributed by atoms with van der Waals surface area (Å²) >= 11 is 1.82. The van der Waals surface area contributed by atoms with E-state index in [0.29, 0.717) is 5.92 Å². The number of fused-ring (bicyclic) bond motifs is 6. The third-order valence-electron chi connectivity index (χ3n) is 11.7. The number of benzene rings is 6. The minimum atomic E-state index is -2.98. The van der Waals surface area contributed by atoms with Gasteiger partial charge in [0.25, 0.3) is 0 Å². The molecule has 8 aromatic rings. The monoisotopic (exact) mass is 745 g/mol. The highest BCUT2D eigenvalue weighted by Crippen LogP contribution is 2.53. The first-order valence-corrected chi connectivity index (χ1v) is 21.8. The maximum absolute atomic E-state index is 15.3. The van der Waals surface area contributed by atoms with Crippen LogP contribution < -0.4 is 10.6 Å². The molecule has 4 heteroatoms. The molecular formula is C51H40NOPS. The Hall–Kier alpha value is -5.60. The highest BCUT2D eigenvalue weighted by atomic mass is 32.1. The summed E-state index contributed by atoms with van der Waals surface area (Å²) in [6.45, 7) is 4.49. The van der Waals surface area contributed by atoms with E-state index in [2.05, 4.69) is 153 Å². The van der Waals surface area contributed by atoms with Crippen LogP contribution in [0.3, 0.4) is 0 Å². The van der Waals surface area contributed by atoms with Crippen molar-refractivity contribution in [2.24, 2.45) is 5.92 Å². The lowest BCUT2D eigenvalue weighted by Gasteiger charge is -2.31. The molecule has 0 saturated carbocycles. The molecule has 4 unspecified atom stereocenters. The summed E-state index contributed by atoms with van der Waals surface area (Å²) < 4.78 is 17.8. The zero-order chi connectivity index (χ0) is 37.1. The van der Waals surface area contributed by atoms with Crippen LogP contribution in [-0.2, 0) is 4.57 Å². The van der Waals surface area contributed by atoms with Gasteiger partial charge in [0.05, 0.1) is 15.9 Å². The van der Waals surface area contributed by atoms with Crippen molar-refractivity contribution in [2.45, 2.75) is 31.8 Å². The minimum absolute atomic E-state index is 0.0926. The first-order chi connectivity index (χ1) is 27.0. The molecule has 2 aliphatic carbocycles. The Kier molecular flexibility index (Phi) is 8.39. The second-order valence-electron chi connectivity index (χ2n) is 15.1. The lowest BCUT2D eigenvalue weighted by molar-refractivity contribution is 0.572. The zero-order valence-corrected chi connectivity index (χ0v) is 32.6. The van der Waals surface area contributed by atoms with Gasteiger partial charge in [0.15, 0.2) is 0 Å². The quantitative estimate of drug-likeness (QED) is 0.159. The van der Waals surface area contributed by atoms with E-state index in [4.69, 9.17) is 4.98 Å². The molecule has 4 atom stereocenters. The van der Waals surface area contributed by atoms with E-state index < -0.39 is 7.14 Å². The molecule has 0 radical (unpaired) electrons. The van der Waals surface area contributed by atoms with Crippen LogP contribution in [0.5, 0.6) is 0 Å². The third-order valence-corrected chi connectivity index (χ3v) is 16.5. The number of thiophene rings is 1. The van der Waals surface area contributed by atoms with Crippen LogP contribution in [-0.4, -0.2) is 10.6 Å². The predicted octanol–water partition coefficient (Wildman–Crippen LogP) is 13.3. The maximum atomic E-state index is 15.3. The fourth-order valence-corrected chi connectivity index (χ4v) is 13.4. The zero-order valence-electron chi connectivity index (χ0n) is 30.9. The van der Waals surface area contributed by atoms with Crippen LogP contribution in [0.4, 0.5) is 0 Å². The van der Waals surface area contributed by atoms with E-state index in [1.165, 1.54) is 47.8 Å². The molecule has 2 aromatic heterocycles. The normalized spacial score (nSPS) is 19.0. The molecule has 10 rings (SSSR count). The van der Waals surface area contributed by atoms with Crippen molar-refractivity contribution in [3.63, 3.8) is 0 Å². The molecule has 0 bridgehead atoms. The number of nitrogens with zero attached hydrogens (tertiary/aromatic N) is 1. The highest BCUT2D eigenvalue weighted by molar-refractivity contribution is 7.79. The molecule has 2 heterocycles. The van der Waals surface area contributed by atoms with Gasteiger partial charge >= 0.3 is 0 Å².